The summed E-state index contributed by atoms with van der Waals surface area (Å²) in [5, 5.41) is 2.91. The fraction of sp³-hybridized carbons (Fsp3) is 0.250. The molecule has 0 saturated carbocycles. The summed E-state index contributed by atoms with van der Waals surface area (Å²) in [6, 6.07) is 7.44. The number of hydrogen-bond donors (Lipinski definition) is 1. The lowest BCUT2D eigenvalue weighted by molar-refractivity contribution is 0.101. The smallest absolute Gasteiger partial charge is 0.272 e. The fourth-order valence-electron chi connectivity index (χ4n) is 2.37. The van der Waals surface area contributed by atoms with Crippen molar-refractivity contribution < 1.29 is 9.21 Å². The summed E-state index contributed by atoms with van der Waals surface area (Å²) in [5.74, 6) is 0.454. The van der Waals surface area contributed by atoms with Gasteiger partial charge in [0.05, 0.1) is 0 Å². The van der Waals surface area contributed by atoms with E-state index in [4.69, 9.17) is 4.42 Å². The highest BCUT2D eigenvalue weighted by atomic mass is 79.9. The van der Waals surface area contributed by atoms with E-state index in [0.717, 1.165) is 9.99 Å². The van der Waals surface area contributed by atoms with Crippen LogP contribution in [0.2, 0.25) is 0 Å². The van der Waals surface area contributed by atoms with Crippen molar-refractivity contribution in [2.24, 2.45) is 0 Å². The Bertz CT molecular complexity index is 848. The SMILES string of the molecule is Cc1nc2cc(NC(=O)c3cc(Br)cn3C(C)C)ccc2o1. The Kier molecular flexibility index (Phi) is 3.78. The number of aromatic nitrogens is 2. The van der Waals surface area contributed by atoms with Crippen molar-refractivity contribution in [2.45, 2.75) is 26.8 Å². The first kappa shape index (κ1) is 14.8. The molecule has 0 fully saturated rings. The molecule has 6 heteroatoms. The Labute approximate surface area is 136 Å². The van der Waals surface area contributed by atoms with Gasteiger partial charge in [-0.15, -0.1) is 0 Å². The Morgan fingerprint density at radius 1 is 1.36 bits per heavy atom. The van der Waals surface area contributed by atoms with Crippen LogP contribution < -0.4 is 5.32 Å². The second-order valence-electron chi connectivity index (χ2n) is 5.41. The third-order valence-electron chi connectivity index (χ3n) is 3.36. The molecule has 0 radical (unpaired) electrons. The van der Waals surface area contributed by atoms with Gasteiger partial charge < -0.3 is 14.3 Å². The number of benzene rings is 1. The number of rotatable bonds is 3. The van der Waals surface area contributed by atoms with Crippen molar-refractivity contribution in [1.82, 2.24) is 9.55 Å². The minimum atomic E-state index is -0.154. The van der Waals surface area contributed by atoms with Gasteiger partial charge in [-0.2, -0.15) is 0 Å². The number of nitrogens with one attached hydrogen (secondary N) is 1. The van der Waals surface area contributed by atoms with Crippen LogP contribution in [-0.2, 0) is 0 Å². The van der Waals surface area contributed by atoms with Crippen LogP contribution in [-0.4, -0.2) is 15.5 Å². The number of halogens is 1. The molecule has 0 bridgehead atoms. The number of fused-ring (bicyclic) bond motifs is 1. The first-order valence-electron chi connectivity index (χ1n) is 7.00. The molecular weight excluding hydrogens is 346 g/mol. The third-order valence-corrected chi connectivity index (χ3v) is 3.79. The summed E-state index contributed by atoms with van der Waals surface area (Å²) < 4.78 is 8.24. The number of carbonyl (C=O) groups is 1. The molecule has 0 unspecified atom stereocenters. The van der Waals surface area contributed by atoms with E-state index >= 15 is 0 Å². The van der Waals surface area contributed by atoms with E-state index in [9.17, 15) is 4.79 Å². The molecule has 0 aliphatic rings. The number of amides is 1. The zero-order valence-corrected chi connectivity index (χ0v) is 14.1. The van der Waals surface area contributed by atoms with E-state index in [1.54, 1.807) is 13.0 Å². The van der Waals surface area contributed by atoms with Gasteiger partial charge in [0.2, 0.25) is 0 Å². The normalized spacial score (nSPS) is 11.3. The van der Waals surface area contributed by atoms with Crippen molar-refractivity contribution in [3.8, 4) is 0 Å². The highest BCUT2D eigenvalue weighted by molar-refractivity contribution is 9.10. The third kappa shape index (κ3) is 2.78. The summed E-state index contributed by atoms with van der Waals surface area (Å²) in [7, 11) is 0. The number of nitrogens with zero attached hydrogens (tertiary/aromatic N) is 2. The monoisotopic (exact) mass is 361 g/mol. The van der Waals surface area contributed by atoms with Crippen LogP contribution in [0.1, 0.15) is 36.3 Å². The van der Waals surface area contributed by atoms with Gasteiger partial charge in [0.1, 0.15) is 11.2 Å². The van der Waals surface area contributed by atoms with Crippen molar-refractivity contribution >= 4 is 38.6 Å². The quantitative estimate of drug-likeness (QED) is 0.745. The summed E-state index contributed by atoms with van der Waals surface area (Å²) in [6.45, 7) is 5.87. The molecule has 0 aliphatic carbocycles. The van der Waals surface area contributed by atoms with Crippen molar-refractivity contribution in [3.63, 3.8) is 0 Å². The Hall–Kier alpha value is -2.08. The Balaban J connectivity index is 1.89. The van der Waals surface area contributed by atoms with Gasteiger partial charge in [0, 0.05) is 29.3 Å². The van der Waals surface area contributed by atoms with E-state index in [1.165, 1.54) is 0 Å². The van der Waals surface area contributed by atoms with Crippen LogP contribution in [0.3, 0.4) is 0 Å². The summed E-state index contributed by atoms with van der Waals surface area (Å²) >= 11 is 3.42. The first-order chi connectivity index (χ1) is 10.4. The molecule has 0 atom stereocenters. The highest BCUT2D eigenvalue weighted by Crippen LogP contribution is 2.23. The molecule has 114 valence electrons. The van der Waals surface area contributed by atoms with Crippen LogP contribution in [0, 0.1) is 6.92 Å². The highest BCUT2D eigenvalue weighted by Gasteiger charge is 2.15. The molecule has 5 nitrogen and oxygen atoms in total. The van der Waals surface area contributed by atoms with Gasteiger partial charge in [-0.1, -0.05) is 0 Å². The molecule has 0 spiro atoms. The number of hydrogen-bond acceptors (Lipinski definition) is 3. The average molecular weight is 362 g/mol. The predicted octanol–water partition coefficient (Wildman–Crippen LogP) is 4.53. The van der Waals surface area contributed by atoms with Gasteiger partial charge >= 0.3 is 0 Å². The van der Waals surface area contributed by atoms with Gasteiger partial charge in [-0.3, -0.25) is 4.79 Å². The molecule has 3 rings (SSSR count). The van der Waals surface area contributed by atoms with Gasteiger partial charge in [-0.25, -0.2) is 4.98 Å². The van der Waals surface area contributed by atoms with Gasteiger partial charge in [0.25, 0.3) is 5.91 Å². The molecular formula is C16H16BrN3O2. The standard InChI is InChI=1S/C16H16BrN3O2/c1-9(2)20-8-11(17)6-14(20)16(21)19-12-4-5-15-13(7-12)18-10(3)22-15/h4-9H,1-3H3,(H,19,21). The Morgan fingerprint density at radius 2 is 2.14 bits per heavy atom. The van der Waals surface area contributed by atoms with E-state index in [0.29, 0.717) is 22.9 Å². The lowest BCUT2D eigenvalue weighted by Crippen LogP contribution is -2.17. The summed E-state index contributed by atoms with van der Waals surface area (Å²) in [4.78, 5) is 16.8. The molecule has 0 saturated heterocycles. The van der Waals surface area contributed by atoms with Crippen LogP contribution in [0.25, 0.3) is 11.1 Å². The predicted molar refractivity (Wildman–Crippen MR) is 89.2 cm³/mol. The number of anilines is 1. The number of oxazole rings is 1. The molecule has 22 heavy (non-hydrogen) atoms. The van der Waals surface area contributed by atoms with Crippen LogP contribution in [0.4, 0.5) is 5.69 Å². The maximum Gasteiger partial charge on any atom is 0.272 e. The molecule has 2 aromatic heterocycles. The molecule has 2 heterocycles. The fourth-order valence-corrected chi connectivity index (χ4v) is 2.81. The maximum absolute atomic E-state index is 12.5. The van der Waals surface area contributed by atoms with Crippen molar-refractivity contribution in [1.29, 1.82) is 0 Å². The topological polar surface area (TPSA) is 60.1 Å². The van der Waals surface area contributed by atoms with Gasteiger partial charge in [-0.05, 0) is 54.0 Å². The number of aryl methyl sites for hydroxylation is 1. The molecule has 1 amide bonds. The average Bonchev–Trinajstić information content (AvgIpc) is 3.00. The number of carbonyl (C=O) groups excluding carboxylic acids is 1. The molecule has 0 aliphatic heterocycles. The first-order valence-corrected chi connectivity index (χ1v) is 7.79. The van der Waals surface area contributed by atoms with Crippen LogP contribution >= 0.6 is 15.9 Å². The summed E-state index contributed by atoms with van der Waals surface area (Å²) in [6.07, 6.45) is 1.91. The van der Waals surface area contributed by atoms with Crippen LogP contribution in [0.15, 0.2) is 39.4 Å². The van der Waals surface area contributed by atoms with Crippen molar-refractivity contribution in [2.75, 3.05) is 5.32 Å². The van der Waals surface area contributed by atoms with E-state index < -0.39 is 0 Å². The zero-order chi connectivity index (χ0) is 15.9. The molecule has 1 N–H and O–H groups in total. The lowest BCUT2D eigenvalue weighted by Gasteiger charge is -2.12. The minimum absolute atomic E-state index is 0.154. The summed E-state index contributed by atoms with van der Waals surface area (Å²) in [5.41, 5.74) is 2.75. The molecule has 3 aromatic rings. The second kappa shape index (κ2) is 5.61. The van der Waals surface area contributed by atoms with Crippen molar-refractivity contribution in [3.05, 3.63) is 46.5 Å². The van der Waals surface area contributed by atoms with Gasteiger partial charge in [0.15, 0.2) is 11.5 Å². The molecule has 1 aromatic carbocycles. The van der Waals surface area contributed by atoms with E-state index in [-0.39, 0.29) is 11.9 Å². The van der Waals surface area contributed by atoms with E-state index in [2.05, 4.69) is 26.2 Å². The second-order valence-corrected chi connectivity index (χ2v) is 6.33. The largest absolute Gasteiger partial charge is 0.441 e. The van der Waals surface area contributed by atoms with Crippen LogP contribution in [0.5, 0.6) is 0 Å². The van der Waals surface area contributed by atoms with E-state index in [1.807, 2.05) is 42.8 Å². The lowest BCUT2D eigenvalue weighted by atomic mass is 10.2. The minimum Gasteiger partial charge on any atom is -0.441 e. The zero-order valence-electron chi connectivity index (χ0n) is 12.6. The maximum atomic E-state index is 12.5. The Morgan fingerprint density at radius 3 is 2.86 bits per heavy atom.